The molecule has 3 heterocycles. The van der Waals surface area contributed by atoms with Crippen LogP contribution >= 0.6 is 0 Å². The number of carbonyl (C=O) groups excluding carboxylic acids is 2. The molecule has 2 bridgehead atoms. The first-order valence-electron chi connectivity index (χ1n) is 10.3. The van der Waals surface area contributed by atoms with Crippen LogP contribution in [0, 0.1) is 11.8 Å². The molecule has 1 aliphatic carbocycles. The number of H-pyrrole nitrogens is 1. The van der Waals surface area contributed by atoms with Gasteiger partial charge in [-0.25, -0.2) is 0 Å². The number of fused-ring (bicyclic) bond motifs is 2. The molecule has 26 heavy (non-hydrogen) atoms. The molecule has 0 spiro atoms. The fraction of sp³-hybridized carbons (Fsp3) is 0.714. The standard InChI is InChI=1S/C21H31N3O2/c1-3-14-11-22-12-19(14)21(26)23-16-9-17-5-4-6-18(10-16)24(17)20(25)8-15-7-13(15)2/h11-13,15-18,22H,3-10H2,1-2H3,(H,23,26). The van der Waals surface area contributed by atoms with Crippen molar-refractivity contribution >= 4 is 11.8 Å². The molecular weight excluding hydrogens is 326 g/mol. The first kappa shape index (κ1) is 17.6. The summed E-state index contributed by atoms with van der Waals surface area (Å²) in [5, 5.41) is 3.25. The van der Waals surface area contributed by atoms with E-state index in [9.17, 15) is 9.59 Å². The van der Waals surface area contributed by atoms with Gasteiger partial charge in [0.1, 0.15) is 0 Å². The predicted molar refractivity (Wildman–Crippen MR) is 101 cm³/mol. The van der Waals surface area contributed by atoms with Crippen molar-refractivity contribution in [3.05, 3.63) is 23.5 Å². The quantitative estimate of drug-likeness (QED) is 0.849. The van der Waals surface area contributed by atoms with Gasteiger partial charge in [-0.3, -0.25) is 9.59 Å². The first-order chi connectivity index (χ1) is 12.6. The lowest BCUT2D eigenvalue weighted by atomic mass is 9.81. The maximum absolute atomic E-state index is 12.8. The van der Waals surface area contributed by atoms with Crippen molar-refractivity contribution in [2.75, 3.05) is 0 Å². The van der Waals surface area contributed by atoms with Gasteiger partial charge in [0.05, 0.1) is 5.56 Å². The summed E-state index contributed by atoms with van der Waals surface area (Å²) in [4.78, 5) is 30.8. The monoisotopic (exact) mass is 357 g/mol. The van der Waals surface area contributed by atoms with Crippen molar-refractivity contribution in [1.82, 2.24) is 15.2 Å². The Morgan fingerprint density at radius 3 is 2.50 bits per heavy atom. The molecule has 0 aromatic carbocycles. The lowest BCUT2D eigenvalue weighted by Crippen LogP contribution is -2.58. The van der Waals surface area contributed by atoms with Crippen LogP contribution in [-0.4, -0.2) is 39.8 Å². The van der Waals surface area contributed by atoms with E-state index < -0.39 is 0 Å². The third-order valence-electron chi connectivity index (χ3n) is 6.77. The van der Waals surface area contributed by atoms with Crippen LogP contribution < -0.4 is 5.32 Å². The van der Waals surface area contributed by atoms with Gasteiger partial charge in [-0.15, -0.1) is 0 Å². The molecule has 3 fully saturated rings. The van der Waals surface area contributed by atoms with Crippen LogP contribution in [0.5, 0.6) is 0 Å². The van der Waals surface area contributed by atoms with Gasteiger partial charge in [0.2, 0.25) is 5.91 Å². The number of hydrogen-bond acceptors (Lipinski definition) is 2. The zero-order chi connectivity index (χ0) is 18.3. The van der Waals surface area contributed by atoms with Gasteiger partial charge < -0.3 is 15.2 Å². The SMILES string of the molecule is CCc1c[nH]cc1C(=O)NC1CC2CCCC(C1)N2C(=O)CC1CC1C. The Morgan fingerprint density at radius 1 is 1.19 bits per heavy atom. The molecular formula is C21H31N3O2. The largest absolute Gasteiger partial charge is 0.367 e. The molecule has 1 aromatic heterocycles. The van der Waals surface area contributed by atoms with Gasteiger partial charge in [-0.2, -0.15) is 0 Å². The number of amides is 2. The Hall–Kier alpha value is -1.78. The lowest BCUT2D eigenvalue weighted by Gasteiger charge is -2.49. The minimum Gasteiger partial charge on any atom is -0.367 e. The van der Waals surface area contributed by atoms with Crippen molar-refractivity contribution in [2.24, 2.45) is 11.8 Å². The number of nitrogens with zero attached hydrogens (tertiary/aromatic N) is 1. The Kier molecular flexibility index (Phi) is 4.80. The van der Waals surface area contributed by atoms with Crippen LogP contribution in [0.3, 0.4) is 0 Å². The predicted octanol–water partition coefficient (Wildman–Crippen LogP) is 3.27. The van der Waals surface area contributed by atoms with E-state index in [1.807, 2.05) is 6.20 Å². The molecule has 2 N–H and O–H groups in total. The molecule has 2 amide bonds. The molecule has 2 aliphatic heterocycles. The van der Waals surface area contributed by atoms with Crippen molar-refractivity contribution in [1.29, 1.82) is 0 Å². The van der Waals surface area contributed by atoms with E-state index in [-0.39, 0.29) is 11.9 Å². The van der Waals surface area contributed by atoms with Crippen LogP contribution in [0.1, 0.15) is 74.7 Å². The van der Waals surface area contributed by atoms with Crippen molar-refractivity contribution in [3.63, 3.8) is 0 Å². The second kappa shape index (κ2) is 7.09. The van der Waals surface area contributed by atoms with Gasteiger partial charge in [-0.05, 0) is 62.3 Å². The normalized spacial score (nSPS) is 33.0. The molecule has 4 atom stereocenters. The highest BCUT2D eigenvalue weighted by molar-refractivity contribution is 5.95. The summed E-state index contributed by atoms with van der Waals surface area (Å²) in [6.45, 7) is 4.31. The highest BCUT2D eigenvalue weighted by Gasteiger charge is 2.43. The molecule has 5 heteroatoms. The average molecular weight is 357 g/mol. The average Bonchev–Trinajstić information content (AvgIpc) is 3.10. The highest BCUT2D eigenvalue weighted by atomic mass is 16.2. The van der Waals surface area contributed by atoms with Gasteiger partial charge in [0.25, 0.3) is 5.91 Å². The summed E-state index contributed by atoms with van der Waals surface area (Å²) in [6.07, 6.45) is 11.7. The van der Waals surface area contributed by atoms with Gasteiger partial charge >= 0.3 is 0 Å². The number of piperidine rings is 2. The zero-order valence-corrected chi connectivity index (χ0v) is 16.0. The minimum absolute atomic E-state index is 0.0257. The van der Waals surface area contributed by atoms with E-state index in [0.29, 0.717) is 23.9 Å². The van der Waals surface area contributed by atoms with E-state index in [0.717, 1.165) is 55.6 Å². The van der Waals surface area contributed by atoms with E-state index in [4.69, 9.17) is 0 Å². The molecule has 2 saturated heterocycles. The third-order valence-corrected chi connectivity index (χ3v) is 6.77. The molecule has 3 aliphatic rings. The summed E-state index contributed by atoms with van der Waals surface area (Å²) < 4.78 is 0. The number of nitrogens with one attached hydrogen (secondary N) is 2. The topological polar surface area (TPSA) is 65.2 Å². The number of aromatic amines is 1. The zero-order valence-electron chi connectivity index (χ0n) is 16.0. The summed E-state index contributed by atoms with van der Waals surface area (Å²) in [5.41, 5.74) is 1.83. The van der Waals surface area contributed by atoms with Crippen LogP contribution in [-0.2, 0) is 11.2 Å². The fourth-order valence-corrected chi connectivity index (χ4v) is 5.08. The smallest absolute Gasteiger partial charge is 0.253 e. The molecule has 1 aromatic rings. The second-order valence-corrected chi connectivity index (χ2v) is 8.61. The number of aromatic nitrogens is 1. The molecule has 5 nitrogen and oxygen atoms in total. The molecule has 142 valence electrons. The summed E-state index contributed by atoms with van der Waals surface area (Å²) in [7, 11) is 0. The Balaban J connectivity index is 1.39. The Labute approximate surface area is 155 Å². The van der Waals surface area contributed by atoms with Gasteiger partial charge in [0.15, 0.2) is 0 Å². The van der Waals surface area contributed by atoms with E-state index in [2.05, 4.69) is 29.0 Å². The number of hydrogen-bond donors (Lipinski definition) is 2. The van der Waals surface area contributed by atoms with Crippen LogP contribution in [0.25, 0.3) is 0 Å². The number of aryl methyl sites for hydroxylation is 1. The molecule has 4 rings (SSSR count). The van der Waals surface area contributed by atoms with Crippen molar-refractivity contribution < 1.29 is 9.59 Å². The van der Waals surface area contributed by atoms with E-state index >= 15 is 0 Å². The van der Waals surface area contributed by atoms with Crippen LogP contribution in [0.15, 0.2) is 12.4 Å². The molecule has 1 saturated carbocycles. The summed E-state index contributed by atoms with van der Waals surface area (Å²) >= 11 is 0. The minimum atomic E-state index is 0.0257. The summed E-state index contributed by atoms with van der Waals surface area (Å²) in [6, 6.07) is 0.804. The molecule has 0 radical (unpaired) electrons. The summed E-state index contributed by atoms with van der Waals surface area (Å²) in [5.74, 6) is 1.72. The number of carbonyl (C=O) groups is 2. The first-order valence-corrected chi connectivity index (χ1v) is 10.3. The van der Waals surface area contributed by atoms with Gasteiger partial charge in [0, 0.05) is 36.9 Å². The van der Waals surface area contributed by atoms with E-state index in [1.54, 1.807) is 6.20 Å². The van der Waals surface area contributed by atoms with Crippen LogP contribution in [0.2, 0.25) is 0 Å². The third kappa shape index (κ3) is 3.40. The van der Waals surface area contributed by atoms with Crippen molar-refractivity contribution in [3.8, 4) is 0 Å². The van der Waals surface area contributed by atoms with Crippen LogP contribution in [0.4, 0.5) is 0 Å². The molecule has 4 unspecified atom stereocenters. The van der Waals surface area contributed by atoms with E-state index in [1.165, 1.54) is 12.8 Å². The van der Waals surface area contributed by atoms with Gasteiger partial charge in [-0.1, -0.05) is 13.8 Å². The lowest BCUT2D eigenvalue weighted by molar-refractivity contribution is -0.141. The van der Waals surface area contributed by atoms with Crippen molar-refractivity contribution in [2.45, 2.75) is 83.3 Å². The maximum Gasteiger partial charge on any atom is 0.253 e. The second-order valence-electron chi connectivity index (χ2n) is 8.61. The Morgan fingerprint density at radius 2 is 1.88 bits per heavy atom. The number of rotatable bonds is 5. The Bertz CT molecular complexity index is 669. The highest BCUT2D eigenvalue weighted by Crippen LogP contribution is 2.42. The fourth-order valence-electron chi connectivity index (χ4n) is 5.08. The maximum atomic E-state index is 12.8.